The van der Waals surface area contributed by atoms with Crippen LogP contribution in [0.5, 0.6) is 5.75 Å². The second kappa shape index (κ2) is 11.4. The molecular formula is C27H38N4O6. The zero-order valence-electron chi connectivity index (χ0n) is 21.8. The van der Waals surface area contributed by atoms with E-state index in [1.807, 2.05) is 4.90 Å². The molecule has 0 aliphatic carbocycles. The molecule has 4 aliphatic heterocycles. The number of anilines is 1. The van der Waals surface area contributed by atoms with Gasteiger partial charge in [0.1, 0.15) is 18.5 Å². The SMILES string of the molecule is CN1CCN(C(=O)C[C@@H]2CC[C@H]3[C@@H](COc4ccc(NC(=O)C5CCOCC5)cc4C(=O)N3C)O2)CC1. The molecule has 10 nitrogen and oxygen atoms in total. The van der Waals surface area contributed by atoms with E-state index in [4.69, 9.17) is 14.2 Å². The standard InChI is InChI=1S/C27H38N4O6/c1-29-9-11-31(12-10-29)25(32)16-20-4-5-22-24(37-20)17-36-23-6-3-19(15-21(23)27(34)30(22)2)28-26(33)18-7-13-35-14-8-18/h3,6,15,18,20,22,24H,4-5,7-14,16-17H2,1-2H3,(H,28,33)/t20-,22-,24+/m0/s1. The number of amides is 3. The zero-order valence-corrected chi connectivity index (χ0v) is 21.8. The number of carbonyl (C=O) groups excluding carboxylic acids is 3. The Kier molecular flexibility index (Phi) is 7.97. The highest BCUT2D eigenvalue weighted by Crippen LogP contribution is 2.33. The molecule has 3 saturated heterocycles. The molecule has 4 aliphatic rings. The van der Waals surface area contributed by atoms with E-state index >= 15 is 0 Å². The van der Waals surface area contributed by atoms with Crippen LogP contribution in [0, 0.1) is 5.92 Å². The summed E-state index contributed by atoms with van der Waals surface area (Å²) in [6.45, 7) is 4.77. The molecule has 202 valence electrons. The summed E-state index contributed by atoms with van der Waals surface area (Å²) in [5.74, 6) is 0.310. The van der Waals surface area contributed by atoms with Crippen molar-refractivity contribution in [2.24, 2.45) is 5.92 Å². The van der Waals surface area contributed by atoms with Gasteiger partial charge in [0, 0.05) is 58.0 Å². The van der Waals surface area contributed by atoms with Gasteiger partial charge in [-0.05, 0) is 50.9 Å². The molecule has 3 amide bonds. The first-order valence-corrected chi connectivity index (χ1v) is 13.4. The minimum absolute atomic E-state index is 0.0475. The Hall–Kier alpha value is -2.69. The van der Waals surface area contributed by atoms with Crippen molar-refractivity contribution in [3.8, 4) is 5.75 Å². The molecular weight excluding hydrogens is 476 g/mol. The summed E-state index contributed by atoms with van der Waals surface area (Å²) in [5, 5.41) is 2.96. The van der Waals surface area contributed by atoms with Crippen LogP contribution in [0.3, 0.4) is 0 Å². The molecule has 3 atom stereocenters. The molecule has 1 aromatic rings. The van der Waals surface area contributed by atoms with Gasteiger partial charge in [-0.3, -0.25) is 14.4 Å². The van der Waals surface area contributed by atoms with Gasteiger partial charge in [-0.25, -0.2) is 0 Å². The van der Waals surface area contributed by atoms with Gasteiger partial charge in [-0.2, -0.15) is 0 Å². The van der Waals surface area contributed by atoms with Crippen LogP contribution in [0.25, 0.3) is 0 Å². The lowest BCUT2D eigenvalue weighted by Gasteiger charge is -2.42. The van der Waals surface area contributed by atoms with E-state index in [2.05, 4.69) is 17.3 Å². The van der Waals surface area contributed by atoms with Crippen LogP contribution < -0.4 is 10.1 Å². The first kappa shape index (κ1) is 25.9. The summed E-state index contributed by atoms with van der Waals surface area (Å²) in [6, 6.07) is 5.06. The van der Waals surface area contributed by atoms with Gasteiger partial charge in [-0.1, -0.05) is 0 Å². The van der Waals surface area contributed by atoms with E-state index in [0.29, 0.717) is 62.5 Å². The minimum atomic E-state index is -0.311. The molecule has 0 spiro atoms. The number of hydrogen-bond donors (Lipinski definition) is 1. The lowest BCUT2D eigenvalue weighted by Crippen LogP contribution is -2.54. The van der Waals surface area contributed by atoms with Gasteiger partial charge < -0.3 is 34.2 Å². The van der Waals surface area contributed by atoms with Crippen LogP contribution >= 0.6 is 0 Å². The van der Waals surface area contributed by atoms with Crippen molar-refractivity contribution in [2.75, 3.05) is 65.4 Å². The van der Waals surface area contributed by atoms with E-state index in [0.717, 1.165) is 32.6 Å². The Morgan fingerprint density at radius 2 is 1.78 bits per heavy atom. The molecule has 3 fully saturated rings. The number of carbonyl (C=O) groups is 3. The van der Waals surface area contributed by atoms with Crippen LogP contribution in [0.4, 0.5) is 5.69 Å². The maximum absolute atomic E-state index is 13.5. The summed E-state index contributed by atoms with van der Waals surface area (Å²) >= 11 is 0. The molecule has 0 saturated carbocycles. The van der Waals surface area contributed by atoms with Gasteiger partial charge in [-0.15, -0.1) is 0 Å². The Labute approximate surface area is 218 Å². The molecule has 1 aromatic carbocycles. The summed E-state index contributed by atoms with van der Waals surface area (Å²) in [4.78, 5) is 44.9. The molecule has 0 aromatic heterocycles. The van der Waals surface area contributed by atoms with Gasteiger partial charge in [0.15, 0.2) is 0 Å². The maximum atomic E-state index is 13.5. The van der Waals surface area contributed by atoms with Crippen LogP contribution in [0.2, 0.25) is 0 Å². The first-order valence-electron chi connectivity index (χ1n) is 13.4. The molecule has 5 rings (SSSR count). The van der Waals surface area contributed by atoms with Gasteiger partial charge in [0.05, 0.1) is 24.1 Å². The molecule has 0 unspecified atom stereocenters. The number of rotatable bonds is 4. The van der Waals surface area contributed by atoms with Crippen LogP contribution in [0.15, 0.2) is 18.2 Å². The maximum Gasteiger partial charge on any atom is 0.257 e. The predicted octanol–water partition coefficient (Wildman–Crippen LogP) is 1.60. The number of ether oxygens (including phenoxy) is 3. The summed E-state index contributed by atoms with van der Waals surface area (Å²) in [6.07, 6.45) is 2.73. The smallest absolute Gasteiger partial charge is 0.257 e. The van der Waals surface area contributed by atoms with Gasteiger partial charge >= 0.3 is 0 Å². The fourth-order valence-corrected chi connectivity index (χ4v) is 5.69. The molecule has 37 heavy (non-hydrogen) atoms. The first-order chi connectivity index (χ1) is 17.9. The van der Waals surface area contributed by atoms with Crippen molar-refractivity contribution in [1.29, 1.82) is 0 Å². The number of fused-ring (bicyclic) bond motifs is 2. The van der Waals surface area contributed by atoms with Crippen molar-refractivity contribution >= 4 is 23.4 Å². The van der Waals surface area contributed by atoms with E-state index in [-0.39, 0.29) is 41.9 Å². The normalized spacial score (nSPS) is 27.4. The van der Waals surface area contributed by atoms with E-state index in [9.17, 15) is 14.4 Å². The summed E-state index contributed by atoms with van der Waals surface area (Å²) < 4.78 is 17.8. The molecule has 0 radical (unpaired) electrons. The lowest BCUT2D eigenvalue weighted by molar-refractivity contribution is -0.144. The number of piperazine rings is 1. The van der Waals surface area contributed by atoms with Crippen molar-refractivity contribution in [2.45, 2.75) is 50.4 Å². The number of likely N-dealkylation sites (N-methyl/N-ethyl adjacent to an activating group) is 2. The molecule has 1 N–H and O–H groups in total. The summed E-state index contributed by atoms with van der Waals surface area (Å²) in [7, 11) is 3.86. The van der Waals surface area contributed by atoms with Gasteiger partial charge in [0.25, 0.3) is 5.91 Å². The topological polar surface area (TPSA) is 101 Å². The molecule has 10 heteroatoms. The minimum Gasteiger partial charge on any atom is -0.490 e. The highest BCUT2D eigenvalue weighted by Gasteiger charge is 2.39. The average Bonchev–Trinajstić information content (AvgIpc) is 2.92. The quantitative estimate of drug-likeness (QED) is 0.651. The largest absolute Gasteiger partial charge is 0.490 e. The Morgan fingerprint density at radius 1 is 1.03 bits per heavy atom. The van der Waals surface area contributed by atoms with Gasteiger partial charge in [0.2, 0.25) is 11.8 Å². The molecule has 4 heterocycles. The fourth-order valence-electron chi connectivity index (χ4n) is 5.69. The third kappa shape index (κ3) is 5.91. The number of hydrogen-bond acceptors (Lipinski definition) is 7. The highest BCUT2D eigenvalue weighted by molar-refractivity contribution is 6.00. The van der Waals surface area contributed by atoms with E-state index in [1.54, 1.807) is 30.1 Å². The number of benzene rings is 1. The third-order valence-corrected chi connectivity index (χ3v) is 8.13. The monoisotopic (exact) mass is 514 g/mol. The Bertz CT molecular complexity index is 1000. The van der Waals surface area contributed by atoms with Crippen molar-refractivity contribution in [3.63, 3.8) is 0 Å². The lowest BCUT2D eigenvalue weighted by atomic mass is 9.94. The van der Waals surface area contributed by atoms with Crippen LogP contribution in [0.1, 0.15) is 42.5 Å². The Balaban J connectivity index is 1.23. The number of nitrogens with one attached hydrogen (secondary N) is 1. The summed E-state index contributed by atoms with van der Waals surface area (Å²) in [5.41, 5.74) is 1.01. The fraction of sp³-hybridized carbons (Fsp3) is 0.667. The second-order valence-electron chi connectivity index (χ2n) is 10.6. The van der Waals surface area contributed by atoms with Crippen LogP contribution in [-0.2, 0) is 19.1 Å². The number of nitrogens with zero attached hydrogens (tertiary/aromatic N) is 3. The van der Waals surface area contributed by atoms with Crippen molar-refractivity contribution < 1.29 is 28.6 Å². The average molecular weight is 515 g/mol. The van der Waals surface area contributed by atoms with Crippen LogP contribution in [-0.4, -0.2) is 111 Å². The molecule has 0 bridgehead atoms. The Morgan fingerprint density at radius 3 is 2.54 bits per heavy atom. The zero-order chi connectivity index (χ0) is 25.9. The van der Waals surface area contributed by atoms with E-state index < -0.39 is 0 Å². The third-order valence-electron chi connectivity index (χ3n) is 8.13. The van der Waals surface area contributed by atoms with Crippen molar-refractivity contribution in [1.82, 2.24) is 14.7 Å². The highest BCUT2D eigenvalue weighted by atomic mass is 16.5. The second-order valence-corrected chi connectivity index (χ2v) is 10.6. The van der Waals surface area contributed by atoms with Crippen molar-refractivity contribution in [3.05, 3.63) is 23.8 Å². The van der Waals surface area contributed by atoms with E-state index in [1.165, 1.54) is 0 Å². The predicted molar refractivity (Wildman–Crippen MR) is 137 cm³/mol.